The van der Waals surface area contributed by atoms with Gasteiger partial charge in [-0.1, -0.05) is 24.3 Å². The zero-order valence-electron chi connectivity index (χ0n) is 9.25. The van der Waals surface area contributed by atoms with Crippen LogP contribution < -0.4 is 0 Å². The van der Waals surface area contributed by atoms with Crippen molar-refractivity contribution in [1.29, 1.82) is 0 Å². The number of ketones is 2. The van der Waals surface area contributed by atoms with Crippen LogP contribution >= 0.6 is 0 Å². The van der Waals surface area contributed by atoms with Gasteiger partial charge in [0.2, 0.25) is 0 Å². The molecule has 2 saturated heterocycles. The highest BCUT2D eigenvalue weighted by Gasteiger charge is 2.67. The first kappa shape index (κ1) is 9.19. The van der Waals surface area contributed by atoms with Crippen molar-refractivity contribution in [2.45, 2.75) is 24.4 Å². The maximum atomic E-state index is 12.5. The Hall–Kier alpha value is -1.78. The number of Topliss-reactive ketones (excluding diaryl/α,β-unsaturated/α-hetero) is 2. The van der Waals surface area contributed by atoms with Crippen LogP contribution in [0.15, 0.2) is 35.4 Å². The Balaban J connectivity index is 1.80. The van der Waals surface area contributed by atoms with Crippen molar-refractivity contribution in [1.82, 2.24) is 0 Å². The van der Waals surface area contributed by atoms with E-state index in [9.17, 15) is 9.59 Å². The summed E-state index contributed by atoms with van der Waals surface area (Å²) >= 11 is 0. The van der Waals surface area contributed by atoms with Crippen LogP contribution in [0.5, 0.6) is 0 Å². The monoisotopic (exact) mass is 240 g/mol. The molecule has 5 rings (SSSR count). The molecular formula is C14H8O4. The Morgan fingerprint density at radius 2 is 1.22 bits per heavy atom. The third kappa shape index (κ3) is 0.877. The highest BCUT2D eigenvalue weighted by atomic mass is 16.7. The molecular weight excluding hydrogens is 232 g/mol. The molecule has 1 aromatic carbocycles. The fourth-order valence-corrected chi connectivity index (χ4v) is 3.19. The number of hydrogen-bond donors (Lipinski definition) is 0. The lowest BCUT2D eigenvalue weighted by molar-refractivity contribution is 0.0963. The number of benzene rings is 1. The van der Waals surface area contributed by atoms with Crippen molar-refractivity contribution in [3.8, 4) is 0 Å². The molecule has 2 aliphatic heterocycles. The minimum absolute atomic E-state index is 0.00392. The number of carbonyl (C=O) groups is 2. The minimum atomic E-state index is -0.214. The maximum Gasteiger partial charge on any atom is 0.192 e. The van der Waals surface area contributed by atoms with Gasteiger partial charge in [-0.25, -0.2) is 0 Å². The normalized spacial score (nSPS) is 38.7. The Labute approximate surface area is 102 Å². The molecule has 0 saturated carbocycles. The van der Waals surface area contributed by atoms with Gasteiger partial charge in [-0.15, -0.1) is 0 Å². The molecule has 4 nitrogen and oxygen atoms in total. The van der Waals surface area contributed by atoms with Crippen molar-refractivity contribution in [2.24, 2.45) is 0 Å². The van der Waals surface area contributed by atoms with Gasteiger partial charge in [0.05, 0.1) is 0 Å². The largest absolute Gasteiger partial charge is 0.361 e. The Bertz CT molecular complexity index is 615. The van der Waals surface area contributed by atoms with E-state index in [0.717, 1.165) is 0 Å². The van der Waals surface area contributed by atoms with Gasteiger partial charge >= 0.3 is 0 Å². The van der Waals surface area contributed by atoms with E-state index in [0.29, 0.717) is 22.3 Å². The highest BCUT2D eigenvalue weighted by molar-refractivity contribution is 6.28. The third-order valence-corrected chi connectivity index (χ3v) is 4.14. The van der Waals surface area contributed by atoms with Crippen molar-refractivity contribution in [3.63, 3.8) is 0 Å². The Morgan fingerprint density at radius 1 is 0.778 bits per heavy atom. The van der Waals surface area contributed by atoms with E-state index in [2.05, 4.69) is 0 Å². The number of carbonyl (C=O) groups excluding carboxylic acids is 2. The molecule has 0 aromatic heterocycles. The topological polar surface area (TPSA) is 59.2 Å². The molecule has 0 amide bonds. The van der Waals surface area contributed by atoms with E-state index in [4.69, 9.17) is 9.47 Å². The van der Waals surface area contributed by atoms with Crippen LogP contribution in [-0.4, -0.2) is 36.0 Å². The van der Waals surface area contributed by atoms with Crippen LogP contribution in [0.3, 0.4) is 0 Å². The second-order valence-corrected chi connectivity index (χ2v) is 5.07. The van der Waals surface area contributed by atoms with Crippen molar-refractivity contribution >= 4 is 11.6 Å². The van der Waals surface area contributed by atoms with Gasteiger partial charge < -0.3 is 9.47 Å². The van der Waals surface area contributed by atoms with Crippen LogP contribution in [0.1, 0.15) is 20.7 Å². The predicted octanol–water partition coefficient (Wildman–Crippen LogP) is 0.911. The fraction of sp³-hybridized carbons (Fsp3) is 0.286. The Morgan fingerprint density at radius 3 is 1.67 bits per heavy atom. The number of fused-ring (bicyclic) bond motifs is 6. The molecule has 1 aromatic rings. The zero-order chi connectivity index (χ0) is 12.0. The summed E-state index contributed by atoms with van der Waals surface area (Å²) in [5, 5.41) is 0. The van der Waals surface area contributed by atoms with E-state index in [1.807, 2.05) is 0 Å². The lowest BCUT2D eigenvalue weighted by Crippen LogP contribution is -2.31. The van der Waals surface area contributed by atoms with Crippen molar-refractivity contribution in [3.05, 3.63) is 46.5 Å². The molecule has 4 atom stereocenters. The molecule has 88 valence electrons. The van der Waals surface area contributed by atoms with Gasteiger partial charge in [-0.3, -0.25) is 9.59 Å². The number of epoxide rings is 2. The summed E-state index contributed by atoms with van der Waals surface area (Å²) in [5.74, 6) is -0.136. The second-order valence-electron chi connectivity index (χ2n) is 5.07. The fourth-order valence-electron chi connectivity index (χ4n) is 3.19. The molecule has 18 heavy (non-hydrogen) atoms. The predicted molar refractivity (Wildman–Crippen MR) is 59.5 cm³/mol. The van der Waals surface area contributed by atoms with E-state index in [-0.39, 0.29) is 36.0 Å². The number of rotatable bonds is 0. The summed E-state index contributed by atoms with van der Waals surface area (Å²) in [6.45, 7) is 0. The zero-order valence-corrected chi connectivity index (χ0v) is 9.25. The molecule has 0 N–H and O–H groups in total. The van der Waals surface area contributed by atoms with Crippen LogP contribution in [0, 0.1) is 0 Å². The molecule has 2 heterocycles. The number of hydrogen-bond acceptors (Lipinski definition) is 4. The van der Waals surface area contributed by atoms with E-state index in [1.165, 1.54) is 0 Å². The molecule has 4 unspecified atom stereocenters. The first-order valence-corrected chi connectivity index (χ1v) is 6.01. The summed E-state index contributed by atoms with van der Waals surface area (Å²) < 4.78 is 11.0. The van der Waals surface area contributed by atoms with Crippen molar-refractivity contribution in [2.75, 3.05) is 0 Å². The van der Waals surface area contributed by atoms with Gasteiger partial charge in [0.1, 0.15) is 24.4 Å². The summed E-state index contributed by atoms with van der Waals surface area (Å²) in [7, 11) is 0. The van der Waals surface area contributed by atoms with Gasteiger partial charge in [-0.05, 0) is 0 Å². The molecule has 0 spiro atoms. The van der Waals surface area contributed by atoms with Crippen LogP contribution in [-0.2, 0) is 9.47 Å². The summed E-state index contributed by atoms with van der Waals surface area (Å²) in [6, 6.07) is 6.97. The quantitative estimate of drug-likeness (QED) is 0.632. The molecule has 2 aliphatic carbocycles. The van der Waals surface area contributed by atoms with E-state index in [1.54, 1.807) is 24.3 Å². The third-order valence-electron chi connectivity index (χ3n) is 4.14. The maximum absolute atomic E-state index is 12.5. The van der Waals surface area contributed by atoms with Gasteiger partial charge in [0.15, 0.2) is 11.6 Å². The van der Waals surface area contributed by atoms with E-state index < -0.39 is 0 Å². The summed E-state index contributed by atoms with van der Waals surface area (Å²) in [6.07, 6.45) is -0.436. The van der Waals surface area contributed by atoms with Crippen molar-refractivity contribution < 1.29 is 19.1 Å². The number of ether oxygens (including phenoxy) is 2. The van der Waals surface area contributed by atoms with Gasteiger partial charge in [0.25, 0.3) is 0 Å². The lowest BCUT2D eigenvalue weighted by Gasteiger charge is -2.20. The average molecular weight is 240 g/mol. The first-order chi connectivity index (χ1) is 8.77. The molecule has 4 aliphatic rings. The van der Waals surface area contributed by atoms with Gasteiger partial charge in [-0.2, -0.15) is 0 Å². The molecule has 4 heteroatoms. The second kappa shape index (κ2) is 2.63. The van der Waals surface area contributed by atoms with Crippen LogP contribution in [0.25, 0.3) is 0 Å². The lowest BCUT2D eigenvalue weighted by atomic mass is 9.77. The SMILES string of the molecule is O=C1C2=C(C(=O)c3ccccc31)C1OC1C1OC21. The van der Waals surface area contributed by atoms with Crippen LogP contribution in [0.2, 0.25) is 0 Å². The summed E-state index contributed by atoms with van der Waals surface area (Å²) in [4.78, 5) is 24.9. The minimum Gasteiger partial charge on any atom is -0.361 e. The smallest absolute Gasteiger partial charge is 0.192 e. The van der Waals surface area contributed by atoms with Gasteiger partial charge in [0, 0.05) is 22.3 Å². The standard InChI is InChI=1S/C14H8O4/c15-9-5-3-1-2-4-6(5)10(16)8-7(9)11-13(17-11)14-12(8)18-14/h1-4,11-14H. The molecule has 0 bridgehead atoms. The first-order valence-electron chi connectivity index (χ1n) is 6.01. The van der Waals surface area contributed by atoms with E-state index >= 15 is 0 Å². The average Bonchev–Trinajstić information content (AvgIpc) is 3.24. The summed E-state index contributed by atoms with van der Waals surface area (Å²) in [5.41, 5.74) is 2.08. The molecule has 0 radical (unpaired) electrons. The highest BCUT2D eigenvalue weighted by Crippen LogP contribution is 2.53. The Kier molecular flexibility index (Phi) is 1.34. The molecule has 2 fully saturated rings. The van der Waals surface area contributed by atoms with Crippen LogP contribution in [0.4, 0.5) is 0 Å².